The average Bonchev–Trinajstić information content (AvgIpc) is 3.16. The molecule has 0 heterocycles. The predicted octanol–water partition coefficient (Wildman–Crippen LogP) is 2.94. The maximum absolute atomic E-state index is 10.9. The van der Waals surface area contributed by atoms with Crippen LogP contribution in [0.25, 0.3) is 0 Å². The fraction of sp³-hybridized carbons (Fsp3) is 0.350. The lowest BCUT2D eigenvalue weighted by atomic mass is 10.1. The van der Waals surface area contributed by atoms with E-state index in [0.717, 1.165) is 17.5 Å². The van der Waals surface area contributed by atoms with E-state index in [1.807, 2.05) is 4.90 Å². The molecular formula is C20H23N5O5. The monoisotopic (exact) mass is 413 g/mol. The Balaban J connectivity index is 1.68. The zero-order valence-electron chi connectivity index (χ0n) is 16.2. The van der Waals surface area contributed by atoms with E-state index in [-0.39, 0.29) is 23.4 Å². The van der Waals surface area contributed by atoms with Crippen LogP contribution in [0.2, 0.25) is 0 Å². The number of guanidine groups is 1. The maximum Gasteiger partial charge on any atom is 0.269 e. The summed E-state index contributed by atoms with van der Waals surface area (Å²) in [4.78, 5) is 22.5. The molecule has 0 saturated heterocycles. The van der Waals surface area contributed by atoms with Crippen LogP contribution in [-0.2, 0) is 13.1 Å². The lowest BCUT2D eigenvalue weighted by molar-refractivity contribution is -0.385. The van der Waals surface area contributed by atoms with Crippen LogP contribution in [-0.4, -0.2) is 38.0 Å². The van der Waals surface area contributed by atoms with Crippen molar-refractivity contribution < 1.29 is 15.0 Å². The molecule has 0 amide bonds. The van der Waals surface area contributed by atoms with Crippen molar-refractivity contribution in [3.8, 4) is 0 Å². The van der Waals surface area contributed by atoms with Gasteiger partial charge in [0.25, 0.3) is 11.4 Å². The second-order valence-corrected chi connectivity index (χ2v) is 7.30. The van der Waals surface area contributed by atoms with E-state index in [1.54, 1.807) is 24.3 Å². The number of nitro groups is 2. The summed E-state index contributed by atoms with van der Waals surface area (Å²) in [5.74, 6) is 0.172. The highest BCUT2D eigenvalue weighted by Gasteiger charge is 2.29. The van der Waals surface area contributed by atoms with Gasteiger partial charge < -0.3 is 15.3 Å². The summed E-state index contributed by atoms with van der Waals surface area (Å²) in [6.45, 7) is 0.699. The van der Waals surface area contributed by atoms with Crippen LogP contribution in [0, 0.1) is 25.6 Å². The van der Waals surface area contributed by atoms with Crippen molar-refractivity contribution in [2.45, 2.75) is 44.5 Å². The standard InChI is InChI=1S/C20H23N5O5/c21-20(22-12-14-1-5-16(6-2-14)24(27)28)23(18-9-10-19(26)11-18)13-15-3-7-17(8-4-15)25(29)30/h1-8,18-19,26H,9-13H2,(H2,21,22)/t18-,19+/m1/s1. The number of aliphatic hydroxyl groups is 1. The summed E-state index contributed by atoms with van der Waals surface area (Å²) < 4.78 is 0. The molecule has 0 radical (unpaired) electrons. The van der Waals surface area contributed by atoms with Gasteiger partial charge in [0, 0.05) is 43.4 Å². The molecule has 10 nitrogen and oxygen atoms in total. The van der Waals surface area contributed by atoms with Crippen molar-refractivity contribution in [1.29, 1.82) is 5.41 Å². The predicted molar refractivity (Wildman–Crippen MR) is 110 cm³/mol. The number of nitrogens with one attached hydrogen (secondary N) is 2. The quantitative estimate of drug-likeness (QED) is 0.274. The maximum atomic E-state index is 10.9. The molecule has 0 aliphatic heterocycles. The van der Waals surface area contributed by atoms with Crippen molar-refractivity contribution in [2.24, 2.45) is 0 Å². The van der Waals surface area contributed by atoms with Crippen molar-refractivity contribution in [1.82, 2.24) is 10.2 Å². The first-order valence-corrected chi connectivity index (χ1v) is 9.57. The Kier molecular flexibility index (Phi) is 6.58. The van der Waals surface area contributed by atoms with Gasteiger partial charge >= 0.3 is 0 Å². The van der Waals surface area contributed by atoms with E-state index in [0.29, 0.717) is 25.9 Å². The van der Waals surface area contributed by atoms with Crippen LogP contribution < -0.4 is 5.32 Å². The van der Waals surface area contributed by atoms with Crippen LogP contribution in [0.5, 0.6) is 0 Å². The molecule has 2 aromatic rings. The van der Waals surface area contributed by atoms with Gasteiger partial charge in [-0.2, -0.15) is 0 Å². The highest BCUT2D eigenvalue weighted by molar-refractivity contribution is 5.77. The molecule has 2 aromatic carbocycles. The summed E-state index contributed by atoms with van der Waals surface area (Å²) in [6, 6.07) is 12.3. The molecular weight excluding hydrogens is 390 g/mol. The number of aliphatic hydroxyl groups excluding tert-OH is 1. The van der Waals surface area contributed by atoms with E-state index in [4.69, 9.17) is 5.41 Å². The molecule has 2 atom stereocenters. The van der Waals surface area contributed by atoms with Crippen LogP contribution in [0.15, 0.2) is 48.5 Å². The van der Waals surface area contributed by atoms with Crippen LogP contribution in [0.3, 0.4) is 0 Å². The largest absolute Gasteiger partial charge is 0.393 e. The number of non-ortho nitro benzene ring substituents is 2. The summed E-state index contributed by atoms with van der Waals surface area (Å²) in [5.41, 5.74) is 1.64. The Morgan fingerprint density at radius 2 is 1.53 bits per heavy atom. The molecule has 3 rings (SSSR count). The van der Waals surface area contributed by atoms with E-state index < -0.39 is 16.0 Å². The average molecular weight is 413 g/mol. The van der Waals surface area contributed by atoms with Crippen LogP contribution in [0.1, 0.15) is 30.4 Å². The Hall–Kier alpha value is -3.53. The first-order chi connectivity index (χ1) is 14.3. The second-order valence-electron chi connectivity index (χ2n) is 7.30. The third-order valence-electron chi connectivity index (χ3n) is 5.21. The van der Waals surface area contributed by atoms with Gasteiger partial charge in [-0.05, 0) is 30.4 Å². The van der Waals surface area contributed by atoms with E-state index in [9.17, 15) is 25.3 Å². The van der Waals surface area contributed by atoms with E-state index in [1.165, 1.54) is 24.3 Å². The van der Waals surface area contributed by atoms with Crippen LogP contribution >= 0.6 is 0 Å². The van der Waals surface area contributed by atoms with Gasteiger partial charge in [-0.15, -0.1) is 0 Å². The molecule has 0 aromatic heterocycles. The molecule has 30 heavy (non-hydrogen) atoms. The van der Waals surface area contributed by atoms with E-state index >= 15 is 0 Å². The summed E-state index contributed by atoms with van der Waals surface area (Å²) in [7, 11) is 0. The highest BCUT2D eigenvalue weighted by atomic mass is 16.6. The third kappa shape index (κ3) is 5.29. The lowest BCUT2D eigenvalue weighted by Crippen LogP contribution is -2.45. The molecule has 0 spiro atoms. The Morgan fingerprint density at radius 1 is 1.00 bits per heavy atom. The van der Waals surface area contributed by atoms with Gasteiger partial charge in [0.15, 0.2) is 5.96 Å². The van der Waals surface area contributed by atoms with Gasteiger partial charge in [-0.1, -0.05) is 24.3 Å². The minimum atomic E-state index is -0.462. The normalized spacial score (nSPS) is 18.0. The van der Waals surface area contributed by atoms with Crippen molar-refractivity contribution in [2.75, 3.05) is 0 Å². The highest BCUT2D eigenvalue weighted by Crippen LogP contribution is 2.26. The number of rotatable bonds is 7. The smallest absolute Gasteiger partial charge is 0.269 e. The molecule has 1 fully saturated rings. The summed E-state index contributed by atoms with van der Waals surface area (Å²) in [6.07, 6.45) is 1.55. The van der Waals surface area contributed by atoms with Gasteiger partial charge in [-0.25, -0.2) is 0 Å². The fourth-order valence-corrected chi connectivity index (χ4v) is 3.55. The first kappa shape index (κ1) is 21.2. The van der Waals surface area contributed by atoms with Gasteiger partial charge in [-0.3, -0.25) is 25.6 Å². The third-order valence-corrected chi connectivity index (χ3v) is 5.21. The second kappa shape index (κ2) is 9.31. The number of hydrogen-bond donors (Lipinski definition) is 3. The fourth-order valence-electron chi connectivity index (χ4n) is 3.55. The number of nitrogens with zero attached hydrogens (tertiary/aromatic N) is 3. The number of benzene rings is 2. The summed E-state index contributed by atoms with van der Waals surface area (Å²) >= 11 is 0. The number of nitro benzene ring substituents is 2. The van der Waals surface area contributed by atoms with Crippen molar-refractivity contribution >= 4 is 17.3 Å². The molecule has 0 unspecified atom stereocenters. The van der Waals surface area contributed by atoms with E-state index in [2.05, 4.69) is 5.32 Å². The van der Waals surface area contributed by atoms with Gasteiger partial charge in [0.2, 0.25) is 0 Å². The lowest BCUT2D eigenvalue weighted by Gasteiger charge is -2.31. The van der Waals surface area contributed by atoms with Crippen LogP contribution in [0.4, 0.5) is 11.4 Å². The van der Waals surface area contributed by atoms with Crippen molar-refractivity contribution in [3.05, 3.63) is 79.9 Å². The molecule has 10 heteroatoms. The summed E-state index contributed by atoms with van der Waals surface area (Å²) in [5, 5.41) is 43.1. The minimum Gasteiger partial charge on any atom is -0.393 e. The topological polar surface area (TPSA) is 146 Å². The molecule has 0 bridgehead atoms. The molecule has 158 valence electrons. The van der Waals surface area contributed by atoms with Gasteiger partial charge in [0.1, 0.15) is 0 Å². The molecule has 1 aliphatic rings. The van der Waals surface area contributed by atoms with Crippen molar-refractivity contribution in [3.63, 3.8) is 0 Å². The SMILES string of the molecule is N=C(NCc1ccc([N+](=O)[O-])cc1)N(Cc1ccc([N+](=O)[O-])cc1)[C@@H]1CC[C@H](O)C1. The Morgan fingerprint density at radius 3 is 2.00 bits per heavy atom. The molecule has 3 N–H and O–H groups in total. The minimum absolute atomic E-state index is 0.00737. The zero-order valence-corrected chi connectivity index (χ0v) is 16.2. The Labute approximate surface area is 172 Å². The number of hydrogen-bond acceptors (Lipinski definition) is 6. The van der Waals surface area contributed by atoms with Gasteiger partial charge in [0.05, 0.1) is 16.0 Å². The first-order valence-electron chi connectivity index (χ1n) is 9.57. The Bertz CT molecular complexity index is 916. The zero-order chi connectivity index (χ0) is 21.7. The molecule has 1 saturated carbocycles. The molecule has 1 aliphatic carbocycles.